The molecule has 0 amide bonds. The molecule has 1 aromatic rings. The van der Waals surface area contributed by atoms with Crippen LogP contribution in [0.5, 0.6) is 0 Å². The second kappa shape index (κ2) is 6.79. The normalized spacial score (nSPS) is 22.8. The molecule has 2 fully saturated rings. The van der Waals surface area contributed by atoms with Gasteiger partial charge in [-0.3, -0.25) is 9.80 Å². The van der Waals surface area contributed by atoms with E-state index in [1.165, 1.54) is 25.0 Å². The number of benzene rings is 1. The van der Waals surface area contributed by atoms with E-state index in [1.807, 2.05) is 0 Å². The van der Waals surface area contributed by atoms with E-state index in [9.17, 15) is 18.3 Å². The lowest BCUT2D eigenvalue weighted by Gasteiger charge is -2.24. The Balaban J connectivity index is 1.54. The number of nitrogens with zero attached hydrogens (tertiary/aromatic N) is 2. The standard InChI is InChI=1S/C17H23F3N2O/c18-17(19,20)14-4-2-13(3-5-14)16(23)12-21-8-1-9-22(11-10-21)15-6-7-15/h2-5,15-16,23H,1,6-12H2. The maximum atomic E-state index is 12.6. The van der Waals surface area contributed by atoms with Crippen LogP contribution in [0.4, 0.5) is 13.2 Å². The molecule has 1 N–H and O–H groups in total. The first-order valence-corrected chi connectivity index (χ1v) is 8.25. The van der Waals surface area contributed by atoms with Crippen molar-refractivity contribution in [2.24, 2.45) is 0 Å². The van der Waals surface area contributed by atoms with Gasteiger partial charge in [0.2, 0.25) is 0 Å². The summed E-state index contributed by atoms with van der Waals surface area (Å²) in [7, 11) is 0. The Morgan fingerprint density at radius 1 is 1.04 bits per heavy atom. The molecule has 0 spiro atoms. The second-order valence-corrected chi connectivity index (χ2v) is 6.56. The molecule has 23 heavy (non-hydrogen) atoms. The summed E-state index contributed by atoms with van der Waals surface area (Å²) in [6.45, 7) is 4.45. The molecule has 1 heterocycles. The second-order valence-electron chi connectivity index (χ2n) is 6.56. The molecule has 1 saturated heterocycles. The SMILES string of the molecule is OC(CN1CCCN(C2CC2)CC1)c1ccc(C(F)(F)F)cc1. The van der Waals surface area contributed by atoms with Crippen LogP contribution in [0.25, 0.3) is 0 Å². The predicted molar refractivity (Wildman–Crippen MR) is 82.1 cm³/mol. The van der Waals surface area contributed by atoms with Gasteiger partial charge in [0.25, 0.3) is 0 Å². The summed E-state index contributed by atoms with van der Waals surface area (Å²) < 4.78 is 37.7. The zero-order chi connectivity index (χ0) is 16.4. The van der Waals surface area contributed by atoms with Gasteiger partial charge in [-0.2, -0.15) is 13.2 Å². The fraction of sp³-hybridized carbons (Fsp3) is 0.647. The smallest absolute Gasteiger partial charge is 0.387 e. The third-order valence-electron chi connectivity index (χ3n) is 4.74. The van der Waals surface area contributed by atoms with Crippen LogP contribution in [0, 0.1) is 0 Å². The summed E-state index contributed by atoms with van der Waals surface area (Å²) in [5, 5.41) is 10.3. The summed E-state index contributed by atoms with van der Waals surface area (Å²) in [4.78, 5) is 4.73. The lowest BCUT2D eigenvalue weighted by atomic mass is 10.1. The monoisotopic (exact) mass is 328 g/mol. The van der Waals surface area contributed by atoms with Crippen LogP contribution in [0.15, 0.2) is 24.3 Å². The van der Waals surface area contributed by atoms with Crippen molar-refractivity contribution >= 4 is 0 Å². The van der Waals surface area contributed by atoms with E-state index in [-0.39, 0.29) is 0 Å². The predicted octanol–water partition coefficient (Wildman–Crippen LogP) is 2.91. The van der Waals surface area contributed by atoms with E-state index < -0.39 is 17.8 Å². The largest absolute Gasteiger partial charge is 0.416 e. The van der Waals surface area contributed by atoms with Crippen molar-refractivity contribution in [3.05, 3.63) is 35.4 Å². The fourth-order valence-electron chi connectivity index (χ4n) is 3.22. The van der Waals surface area contributed by atoms with Crippen LogP contribution in [0.3, 0.4) is 0 Å². The average Bonchev–Trinajstić information content (AvgIpc) is 3.33. The van der Waals surface area contributed by atoms with Gasteiger partial charge >= 0.3 is 6.18 Å². The highest BCUT2D eigenvalue weighted by atomic mass is 19.4. The van der Waals surface area contributed by atoms with E-state index in [1.54, 1.807) is 0 Å². The van der Waals surface area contributed by atoms with Crippen LogP contribution >= 0.6 is 0 Å². The molecule has 0 radical (unpaired) electrons. The molecule has 1 aliphatic carbocycles. The van der Waals surface area contributed by atoms with Crippen molar-refractivity contribution < 1.29 is 18.3 Å². The first kappa shape index (κ1) is 16.7. The number of hydrogen-bond acceptors (Lipinski definition) is 3. The Bertz CT molecular complexity index is 514. The zero-order valence-corrected chi connectivity index (χ0v) is 13.1. The topological polar surface area (TPSA) is 26.7 Å². The van der Waals surface area contributed by atoms with Crippen molar-refractivity contribution in [2.45, 2.75) is 37.6 Å². The first-order chi connectivity index (χ1) is 10.9. The Hall–Kier alpha value is -1.11. The molecule has 3 nitrogen and oxygen atoms in total. The molecule has 6 heteroatoms. The number of aliphatic hydroxyl groups is 1. The van der Waals surface area contributed by atoms with Crippen molar-refractivity contribution in [1.29, 1.82) is 0 Å². The Morgan fingerprint density at radius 2 is 1.74 bits per heavy atom. The van der Waals surface area contributed by atoms with Gasteiger partial charge in [0.1, 0.15) is 0 Å². The van der Waals surface area contributed by atoms with Gasteiger partial charge in [0.15, 0.2) is 0 Å². The lowest BCUT2D eigenvalue weighted by Crippen LogP contribution is -2.34. The fourth-order valence-corrected chi connectivity index (χ4v) is 3.22. The van der Waals surface area contributed by atoms with Gasteiger partial charge < -0.3 is 5.11 Å². The Kier molecular flexibility index (Phi) is 4.94. The van der Waals surface area contributed by atoms with Crippen molar-refractivity contribution in [2.75, 3.05) is 32.7 Å². The molecule has 1 aromatic carbocycles. The third-order valence-corrected chi connectivity index (χ3v) is 4.74. The lowest BCUT2D eigenvalue weighted by molar-refractivity contribution is -0.137. The van der Waals surface area contributed by atoms with E-state index in [4.69, 9.17) is 0 Å². The van der Waals surface area contributed by atoms with Gasteiger partial charge in [-0.25, -0.2) is 0 Å². The van der Waals surface area contributed by atoms with Gasteiger partial charge in [-0.1, -0.05) is 12.1 Å². The van der Waals surface area contributed by atoms with E-state index >= 15 is 0 Å². The summed E-state index contributed by atoms with van der Waals surface area (Å²) in [6, 6.07) is 5.59. The average molecular weight is 328 g/mol. The Morgan fingerprint density at radius 3 is 2.35 bits per heavy atom. The van der Waals surface area contributed by atoms with Crippen LogP contribution in [-0.4, -0.2) is 53.7 Å². The number of alkyl halides is 3. The molecule has 128 valence electrons. The van der Waals surface area contributed by atoms with Crippen LogP contribution < -0.4 is 0 Å². The number of hydrogen-bond donors (Lipinski definition) is 1. The molecule has 0 bridgehead atoms. The number of β-amino-alcohol motifs (C(OH)–C–C–N with tert-alkyl or cyclic N) is 1. The number of halogens is 3. The summed E-state index contributed by atoms with van der Waals surface area (Å²) in [5.41, 5.74) is -0.135. The first-order valence-electron chi connectivity index (χ1n) is 8.25. The summed E-state index contributed by atoms with van der Waals surface area (Å²) in [5.74, 6) is 0. The highest BCUT2D eigenvalue weighted by Crippen LogP contribution is 2.30. The highest BCUT2D eigenvalue weighted by molar-refractivity contribution is 5.26. The van der Waals surface area contributed by atoms with Gasteiger partial charge in [-0.05, 0) is 50.0 Å². The van der Waals surface area contributed by atoms with Crippen molar-refractivity contribution in [1.82, 2.24) is 9.80 Å². The molecule has 1 saturated carbocycles. The van der Waals surface area contributed by atoms with Crippen molar-refractivity contribution in [3.8, 4) is 0 Å². The minimum absolute atomic E-state index is 0.476. The molecular weight excluding hydrogens is 305 g/mol. The van der Waals surface area contributed by atoms with Crippen LogP contribution in [-0.2, 0) is 6.18 Å². The maximum absolute atomic E-state index is 12.6. The highest BCUT2D eigenvalue weighted by Gasteiger charge is 2.31. The maximum Gasteiger partial charge on any atom is 0.416 e. The number of aliphatic hydroxyl groups excluding tert-OH is 1. The molecule has 1 aliphatic heterocycles. The molecule has 2 aliphatic rings. The minimum atomic E-state index is -4.33. The van der Waals surface area contributed by atoms with Gasteiger partial charge in [-0.15, -0.1) is 0 Å². The van der Waals surface area contributed by atoms with Gasteiger partial charge in [0.05, 0.1) is 11.7 Å². The summed E-state index contributed by atoms with van der Waals surface area (Å²) >= 11 is 0. The molecule has 1 atom stereocenters. The van der Waals surface area contributed by atoms with Crippen LogP contribution in [0.1, 0.15) is 36.5 Å². The molecule has 1 unspecified atom stereocenters. The molecule has 0 aromatic heterocycles. The van der Waals surface area contributed by atoms with E-state index in [0.29, 0.717) is 12.1 Å². The van der Waals surface area contributed by atoms with Gasteiger partial charge in [0, 0.05) is 25.7 Å². The quantitative estimate of drug-likeness (QED) is 0.921. The minimum Gasteiger partial charge on any atom is -0.387 e. The van der Waals surface area contributed by atoms with E-state index in [0.717, 1.165) is 50.8 Å². The number of rotatable bonds is 4. The molecular formula is C17H23F3N2O. The molecule has 3 rings (SSSR count). The van der Waals surface area contributed by atoms with E-state index in [2.05, 4.69) is 9.80 Å². The Labute approximate surface area is 134 Å². The zero-order valence-electron chi connectivity index (χ0n) is 13.1. The third kappa shape index (κ3) is 4.46. The van der Waals surface area contributed by atoms with Crippen LogP contribution in [0.2, 0.25) is 0 Å². The van der Waals surface area contributed by atoms with Crippen molar-refractivity contribution in [3.63, 3.8) is 0 Å². The summed E-state index contributed by atoms with van der Waals surface area (Å²) in [6.07, 6.45) is -1.40.